The van der Waals surface area contributed by atoms with Crippen molar-refractivity contribution in [3.05, 3.63) is 0 Å². The van der Waals surface area contributed by atoms with Gasteiger partial charge in [-0.1, -0.05) is 19.3 Å². The quantitative estimate of drug-likeness (QED) is 0.458. The molecule has 0 radical (unpaired) electrons. The summed E-state index contributed by atoms with van der Waals surface area (Å²) in [6.07, 6.45) is 6.15. The third-order valence-electron chi connectivity index (χ3n) is 3.20. The number of hydrogen-bond donors (Lipinski definition) is 2. The minimum Gasteiger partial charge on any atom is -0.281 e. The van der Waals surface area contributed by atoms with Crippen LogP contribution in [0.15, 0.2) is 0 Å². The Kier molecular flexibility index (Phi) is 10.1. The van der Waals surface area contributed by atoms with E-state index in [4.69, 9.17) is 0 Å². The largest absolute Gasteiger partial charge is 0.281 e. The molecule has 0 fully saturated rings. The molecule has 2 amide bonds. The molecule has 6 heteroatoms. The smallest absolute Gasteiger partial charge is 0.236 e. The SMILES string of the molecule is CNN(C)C(=O)CCCCCCCC(=O)N(C)NC. The van der Waals surface area contributed by atoms with Gasteiger partial charge in [0.2, 0.25) is 11.8 Å². The van der Waals surface area contributed by atoms with Gasteiger partial charge < -0.3 is 0 Å². The van der Waals surface area contributed by atoms with Gasteiger partial charge in [-0.05, 0) is 12.8 Å². The van der Waals surface area contributed by atoms with E-state index in [1.807, 2.05) is 0 Å². The Balaban J connectivity index is 3.42. The zero-order valence-electron chi connectivity index (χ0n) is 12.7. The average Bonchev–Trinajstić information content (AvgIpc) is 2.43. The highest BCUT2D eigenvalue weighted by Crippen LogP contribution is 2.08. The molecule has 0 aromatic rings. The molecule has 0 aromatic carbocycles. The standard InChI is InChI=1S/C13H28N4O2/c1-14-16(3)12(18)10-8-6-5-7-9-11-13(19)17(4)15-2/h14-15H,5-11H2,1-4H3. The summed E-state index contributed by atoms with van der Waals surface area (Å²) >= 11 is 0. The molecule has 0 rings (SSSR count). The second-order valence-corrected chi connectivity index (χ2v) is 4.62. The first-order chi connectivity index (χ1) is 9.02. The summed E-state index contributed by atoms with van der Waals surface area (Å²) < 4.78 is 0. The minimum absolute atomic E-state index is 0.119. The van der Waals surface area contributed by atoms with Crippen LogP contribution < -0.4 is 10.9 Å². The Bertz CT molecular complexity index is 245. The van der Waals surface area contributed by atoms with E-state index >= 15 is 0 Å². The lowest BCUT2D eigenvalue weighted by atomic mass is 10.1. The van der Waals surface area contributed by atoms with Gasteiger partial charge in [-0.2, -0.15) is 0 Å². The number of hydrazine groups is 2. The van der Waals surface area contributed by atoms with Crippen molar-refractivity contribution in [2.24, 2.45) is 0 Å². The van der Waals surface area contributed by atoms with Gasteiger partial charge in [0.1, 0.15) is 0 Å². The highest BCUT2D eigenvalue weighted by molar-refractivity contribution is 5.75. The Morgan fingerprint density at radius 2 is 1.05 bits per heavy atom. The molecule has 0 aromatic heterocycles. The Labute approximate surface area is 116 Å². The molecule has 0 spiro atoms. The monoisotopic (exact) mass is 272 g/mol. The summed E-state index contributed by atoms with van der Waals surface area (Å²) in [5.74, 6) is 0.238. The first-order valence-electron chi connectivity index (χ1n) is 6.90. The number of carbonyl (C=O) groups excluding carboxylic acids is 2. The van der Waals surface area contributed by atoms with E-state index in [1.165, 1.54) is 10.0 Å². The van der Waals surface area contributed by atoms with Crippen LogP contribution in [0.25, 0.3) is 0 Å². The van der Waals surface area contributed by atoms with Crippen molar-refractivity contribution in [1.29, 1.82) is 0 Å². The van der Waals surface area contributed by atoms with Gasteiger partial charge in [0.25, 0.3) is 0 Å². The van der Waals surface area contributed by atoms with Gasteiger partial charge in [-0.15, -0.1) is 0 Å². The van der Waals surface area contributed by atoms with Crippen molar-refractivity contribution in [3.8, 4) is 0 Å². The van der Waals surface area contributed by atoms with Crippen LogP contribution >= 0.6 is 0 Å². The van der Waals surface area contributed by atoms with Crippen molar-refractivity contribution in [1.82, 2.24) is 20.9 Å². The average molecular weight is 272 g/mol. The minimum atomic E-state index is 0.119. The lowest BCUT2D eigenvalue weighted by Crippen LogP contribution is -2.36. The maximum atomic E-state index is 11.5. The highest BCUT2D eigenvalue weighted by Gasteiger charge is 2.07. The fourth-order valence-electron chi connectivity index (χ4n) is 1.67. The van der Waals surface area contributed by atoms with Crippen LogP contribution in [0.3, 0.4) is 0 Å². The van der Waals surface area contributed by atoms with Gasteiger partial charge >= 0.3 is 0 Å². The molecular formula is C13H28N4O2. The Morgan fingerprint density at radius 1 is 0.737 bits per heavy atom. The normalized spacial score (nSPS) is 10.3. The van der Waals surface area contributed by atoms with Crippen molar-refractivity contribution in [2.45, 2.75) is 44.9 Å². The lowest BCUT2D eigenvalue weighted by Gasteiger charge is -2.15. The van der Waals surface area contributed by atoms with Crippen LogP contribution in [0.4, 0.5) is 0 Å². The Morgan fingerprint density at radius 3 is 1.37 bits per heavy atom. The summed E-state index contributed by atoms with van der Waals surface area (Å²) in [6.45, 7) is 0. The third kappa shape index (κ3) is 8.56. The predicted molar refractivity (Wildman–Crippen MR) is 76.0 cm³/mol. The molecule has 0 aliphatic heterocycles. The molecule has 112 valence electrons. The first kappa shape index (κ1) is 17.9. The van der Waals surface area contributed by atoms with Crippen LogP contribution in [-0.2, 0) is 9.59 Å². The lowest BCUT2D eigenvalue weighted by molar-refractivity contribution is -0.133. The summed E-state index contributed by atoms with van der Waals surface area (Å²) in [5, 5.41) is 3.01. The Hall–Kier alpha value is -1.14. The molecule has 2 N–H and O–H groups in total. The number of nitrogens with zero attached hydrogens (tertiary/aromatic N) is 2. The maximum Gasteiger partial charge on any atom is 0.236 e. The van der Waals surface area contributed by atoms with E-state index in [-0.39, 0.29) is 11.8 Å². The fourth-order valence-corrected chi connectivity index (χ4v) is 1.67. The van der Waals surface area contributed by atoms with E-state index in [1.54, 1.807) is 28.2 Å². The molecular weight excluding hydrogens is 244 g/mol. The third-order valence-corrected chi connectivity index (χ3v) is 3.20. The molecule has 0 unspecified atom stereocenters. The number of hydrogen-bond acceptors (Lipinski definition) is 4. The second-order valence-electron chi connectivity index (χ2n) is 4.62. The molecule has 0 bridgehead atoms. The summed E-state index contributed by atoms with van der Waals surface area (Å²) in [4.78, 5) is 22.9. The zero-order chi connectivity index (χ0) is 14.7. The van der Waals surface area contributed by atoms with E-state index in [2.05, 4.69) is 10.9 Å². The number of carbonyl (C=O) groups is 2. The van der Waals surface area contributed by atoms with Crippen LogP contribution in [0, 0.1) is 0 Å². The molecule has 0 aliphatic carbocycles. The predicted octanol–water partition coefficient (Wildman–Crippen LogP) is 0.903. The molecule has 0 saturated heterocycles. The molecule has 0 saturated carbocycles. The number of rotatable bonds is 10. The van der Waals surface area contributed by atoms with Crippen molar-refractivity contribution >= 4 is 11.8 Å². The van der Waals surface area contributed by atoms with Gasteiger partial charge in [-0.3, -0.25) is 19.6 Å². The van der Waals surface area contributed by atoms with Gasteiger partial charge in [0.15, 0.2) is 0 Å². The summed E-state index contributed by atoms with van der Waals surface area (Å²) in [6, 6.07) is 0. The first-order valence-corrected chi connectivity index (χ1v) is 6.90. The zero-order valence-corrected chi connectivity index (χ0v) is 12.7. The van der Waals surface area contributed by atoms with Crippen LogP contribution in [-0.4, -0.2) is 50.0 Å². The number of amides is 2. The molecule has 0 aliphatic rings. The molecule has 0 atom stereocenters. The maximum absolute atomic E-state index is 11.5. The van der Waals surface area contributed by atoms with Crippen LogP contribution in [0.2, 0.25) is 0 Å². The van der Waals surface area contributed by atoms with Crippen molar-refractivity contribution in [2.75, 3.05) is 28.2 Å². The molecule has 0 heterocycles. The van der Waals surface area contributed by atoms with Crippen LogP contribution in [0.1, 0.15) is 44.9 Å². The van der Waals surface area contributed by atoms with Crippen molar-refractivity contribution < 1.29 is 9.59 Å². The topological polar surface area (TPSA) is 64.7 Å². The van der Waals surface area contributed by atoms with E-state index < -0.39 is 0 Å². The van der Waals surface area contributed by atoms with Crippen molar-refractivity contribution in [3.63, 3.8) is 0 Å². The van der Waals surface area contributed by atoms with E-state index in [9.17, 15) is 9.59 Å². The summed E-state index contributed by atoms with van der Waals surface area (Å²) in [5.41, 5.74) is 5.58. The van der Waals surface area contributed by atoms with Gasteiger partial charge in [0, 0.05) is 41.0 Å². The van der Waals surface area contributed by atoms with Gasteiger partial charge in [-0.25, -0.2) is 10.9 Å². The van der Waals surface area contributed by atoms with E-state index in [0.717, 1.165) is 32.1 Å². The highest BCUT2D eigenvalue weighted by atomic mass is 16.2. The number of nitrogens with one attached hydrogen (secondary N) is 2. The van der Waals surface area contributed by atoms with E-state index in [0.29, 0.717) is 12.8 Å². The molecule has 19 heavy (non-hydrogen) atoms. The second kappa shape index (κ2) is 10.8. The van der Waals surface area contributed by atoms with Gasteiger partial charge in [0.05, 0.1) is 0 Å². The fraction of sp³-hybridized carbons (Fsp3) is 0.846. The van der Waals surface area contributed by atoms with Crippen LogP contribution in [0.5, 0.6) is 0 Å². The molecule has 6 nitrogen and oxygen atoms in total. The summed E-state index contributed by atoms with van der Waals surface area (Å²) in [7, 11) is 6.92. The number of unbranched alkanes of at least 4 members (excludes halogenated alkanes) is 4.